The molecule has 8 heteroatoms. The smallest absolute Gasteiger partial charge is 0.431 e. The van der Waals surface area contributed by atoms with Crippen molar-refractivity contribution in [1.82, 2.24) is 15.3 Å². The molecule has 0 saturated carbocycles. The van der Waals surface area contributed by atoms with Crippen LogP contribution in [0.4, 0.5) is 10.5 Å². The number of aromatic nitrogens is 2. The van der Waals surface area contributed by atoms with E-state index in [1.807, 2.05) is 32.0 Å². The third kappa shape index (κ3) is 4.17. The van der Waals surface area contributed by atoms with Gasteiger partial charge < -0.3 is 25.1 Å². The highest BCUT2D eigenvalue weighted by Gasteiger charge is 2.18. The van der Waals surface area contributed by atoms with Gasteiger partial charge in [-0.15, -0.1) is 0 Å². The number of rotatable bonds is 5. The Kier molecular flexibility index (Phi) is 5.99. The van der Waals surface area contributed by atoms with Crippen molar-refractivity contribution in [2.45, 2.75) is 40.2 Å². The summed E-state index contributed by atoms with van der Waals surface area (Å²) in [6.45, 7) is 8.27. The van der Waals surface area contributed by atoms with Crippen LogP contribution in [0.2, 0.25) is 0 Å². The van der Waals surface area contributed by atoms with Crippen LogP contribution in [0.25, 0.3) is 21.8 Å². The van der Waals surface area contributed by atoms with Crippen molar-refractivity contribution in [2.24, 2.45) is 0 Å². The van der Waals surface area contributed by atoms with Gasteiger partial charge in [0, 0.05) is 34.1 Å². The van der Waals surface area contributed by atoms with Crippen LogP contribution in [-0.2, 0) is 11.2 Å². The van der Waals surface area contributed by atoms with E-state index in [4.69, 9.17) is 21.7 Å². The topological polar surface area (TPSA) is 88.3 Å². The van der Waals surface area contributed by atoms with Crippen LogP contribution in [0.15, 0.2) is 24.4 Å². The lowest BCUT2D eigenvalue weighted by atomic mass is 10.1. The summed E-state index contributed by atoms with van der Waals surface area (Å²) in [5.74, 6) is 0.267. The highest BCUT2D eigenvalue weighted by molar-refractivity contribution is 7.80. The van der Waals surface area contributed by atoms with Gasteiger partial charge in [0.05, 0.1) is 17.8 Å². The number of H-pyrrole nitrogens is 1. The van der Waals surface area contributed by atoms with E-state index in [1.165, 1.54) is 0 Å². The number of fused-ring (bicyclic) bond motifs is 3. The molecule has 7 nitrogen and oxygen atoms in total. The number of hydrogen-bond donors (Lipinski definition) is 3. The number of carbonyl (C=O) groups excluding carboxylic acids is 1. The molecule has 0 saturated heterocycles. The Labute approximate surface area is 168 Å². The maximum absolute atomic E-state index is 11.9. The molecule has 3 N–H and O–H groups in total. The fourth-order valence-electron chi connectivity index (χ4n) is 3.07. The van der Waals surface area contributed by atoms with Crippen molar-refractivity contribution in [2.75, 3.05) is 11.9 Å². The zero-order valence-electron chi connectivity index (χ0n) is 16.4. The Morgan fingerprint density at radius 1 is 1.29 bits per heavy atom. The number of hydrogen-bond acceptors (Lipinski definition) is 5. The minimum Gasteiger partial charge on any atom is -0.431 e. The number of pyridine rings is 1. The standard InChI is InChI=1S/C20H24N4O3S/c1-5-13-17-14-9-12(23-19(28)21-6-2)7-8-15(14)24-16(17)10-22-18(13)27-20(25)26-11(3)4/h7-11,24H,5-6H2,1-4H3,(H2,21,23,28). The number of ether oxygens (including phenoxy) is 2. The van der Waals surface area contributed by atoms with Gasteiger partial charge in [-0.3, -0.25) is 0 Å². The normalized spacial score (nSPS) is 11.0. The van der Waals surface area contributed by atoms with Crippen LogP contribution in [0.1, 0.15) is 33.3 Å². The fourth-order valence-corrected chi connectivity index (χ4v) is 3.33. The first-order valence-corrected chi connectivity index (χ1v) is 9.70. The highest BCUT2D eigenvalue weighted by atomic mass is 32.1. The summed E-state index contributed by atoms with van der Waals surface area (Å²) in [5.41, 5.74) is 3.56. The predicted octanol–water partition coefficient (Wildman–Crippen LogP) is 4.51. The largest absolute Gasteiger partial charge is 0.515 e. The Balaban J connectivity index is 2.05. The molecule has 3 rings (SSSR count). The molecule has 0 amide bonds. The number of anilines is 1. The van der Waals surface area contributed by atoms with E-state index in [2.05, 4.69) is 20.6 Å². The number of thiocarbonyl (C=S) groups is 1. The van der Waals surface area contributed by atoms with Gasteiger partial charge in [0.2, 0.25) is 5.88 Å². The SMILES string of the molecule is CCNC(=S)Nc1ccc2[nH]c3cnc(OC(=O)OC(C)C)c(CC)c3c2c1. The van der Waals surface area contributed by atoms with Crippen molar-refractivity contribution in [3.05, 3.63) is 30.0 Å². The number of benzene rings is 1. The molecule has 2 heterocycles. The van der Waals surface area contributed by atoms with E-state index in [9.17, 15) is 4.79 Å². The van der Waals surface area contributed by atoms with Crippen LogP contribution < -0.4 is 15.4 Å². The lowest BCUT2D eigenvalue weighted by Crippen LogP contribution is -2.27. The molecule has 148 valence electrons. The maximum Gasteiger partial charge on any atom is 0.515 e. The molecule has 0 bridgehead atoms. The van der Waals surface area contributed by atoms with Crippen LogP contribution in [0.5, 0.6) is 5.88 Å². The number of carbonyl (C=O) groups is 1. The van der Waals surface area contributed by atoms with E-state index in [1.54, 1.807) is 20.0 Å². The molecule has 0 fully saturated rings. The van der Waals surface area contributed by atoms with Crippen LogP contribution >= 0.6 is 12.2 Å². The van der Waals surface area contributed by atoms with Crippen molar-refractivity contribution >= 4 is 51.0 Å². The quantitative estimate of drug-likeness (QED) is 0.429. The monoisotopic (exact) mass is 400 g/mol. The third-order valence-corrected chi connectivity index (χ3v) is 4.41. The summed E-state index contributed by atoms with van der Waals surface area (Å²) < 4.78 is 10.4. The van der Waals surface area contributed by atoms with Crippen LogP contribution in [0, 0.1) is 0 Å². The lowest BCUT2D eigenvalue weighted by molar-refractivity contribution is 0.0713. The Morgan fingerprint density at radius 2 is 2.07 bits per heavy atom. The Hall–Kier alpha value is -2.87. The molecule has 0 aliphatic heterocycles. The summed E-state index contributed by atoms with van der Waals surface area (Å²) in [6.07, 6.45) is 1.30. The molecule has 1 aromatic carbocycles. The fraction of sp³-hybridized carbons (Fsp3) is 0.350. The lowest BCUT2D eigenvalue weighted by Gasteiger charge is -2.11. The Bertz CT molecular complexity index is 1030. The van der Waals surface area contributed by atoms with E-state index >= 15 is 0 Å². The van der Waals surface area contributed by atoms with Gasteiger partial charge in [-0.2, -0.15) is 0 Å². The van der Waals surface area contributed by atoms with Gasteiger partial charge in [-0.05, 0) is 57.6 Å². The van der Waals surface area contributed by atoms with E-state index < -0.39 is 6.16 Å². The number of aryl methyl sites for hydroxylation is 1. The van der Waals surface area contributed by atoms with Crippen molar-refractivity contribution < 1.29 is 14.3 Å². The Morgan fingerprint density at radius 3 is 2.75 bits per heavy atom. The van der Waals surface area contributed by atoms with Gasteiger partial charge in [0.15, 0.2) is 5.11 Å². The molecule has 0 radical (unpaired) electrons. The van der Waals surface area contributed by atoms with Gasteiger partial charge >= 0.3 is 6.16 Å². The number of nitrogens with zero attached hydrogens (tertiary/aromatic N) is 1. The molecular weight excluding hydrogens is 376 g/mol. The third-order valence-electron chi connectivity index (χ3n) is 4.16. The second-order valence-corrected chi connectivity index (χ2v) is 6.98. The van der Waals surface area contributed by atoms with Crippen LogP contribution in [-0.4, -0.2) is 33.9 Å². The first kappa shape index (κ1) is 19.9. The molecule has 0 atom stereocenters. The molecule has 3 aromatic rings. The summed E-state index contributed by atoms with van der Waals surface area (Å²) in [6, 6.07) is 5.96. The zero-order chi connectivity index (χ0) is 20.3. The highest BCUT2D eigenvalue weighted by Crippen LogP contribution is 2.34. The summed E-state index contributed by atoms with van der Waals surface area (Å²) in [5, 5.41) is 8.79. The summed E-state index contributed by atoms with van der Waals surface area (Å²) in [4.78, 5) is 19.6. The number of nitrogens with one attached hydrogen (secondary N) is 3. The van der Waals surface area contributed by atoms with Crippen LogP contribution in [0.3, 0.4) is 0 Å². The predicted molar refractivity (Wildman–Crippen MR) is 115 cm³/mol. The number of aromatic amines is 1. The molecular formula is C20H24N4O3S. The summed E-state index contributed by atoms with van der Waals surface area (Å²) in [7, 11) is 0. The molecule has 0 aliphatic carbocycles. The van der Waals surface area contributed by atoms with E-state index in [-0.39, 0.29) is 12.0 Å². The van der Waals surface area contributed by atoms with E-state index in [0.717, 1.165) is 39.6 Å². The second kappa shape index (κ2) is 8.43. The van der Waals surface area contributed by atoms with Gasteiger partial charge in [0.25, 0.3) is 0 Å². The van der Waals surface area contributed by atoms with Gasteiger partial charge in [-0.1, -0.05) is 6.92 Å². The molecule has 28 heavy (non-hydrogen) atoms. The first-order chi connectivity index (χ1) is 13.4. The van der Waals surface area contributed by atoms with E-state index in [0.29, 0.717) is 11.5 Å². The molecule has 0 spiro atoms. The second-order valence-electron chi connectivity index (χ2n) is 6.57. The average molecular weight is 401 g/mol. The van der Waals surface area contributed by atoms with Gasteiger partial charge in [-0.25, -0.2) is 9.78 Å². The average Bonchev–Trinajstić information content (AvgIpc) is 2.99. The first-order valence-electron chi connectivity index (χ1n) is 9.29. The van der Waals surface area contributed by atoms with Crippen molar-refractivity contribution in [1.29, 1.82) is 0 Å². The molecule has 0 unspecified atom stereocenters. The molecule has 0 aliphatic rings. The van der Waals surface area contributed by atoms with Gasteiger partial charge in [0.1, 0.15) is 0 Å². The summed E-state index contributed by atoms with van der Waals surface area (Å²) >= 11 is 5.27. The zero-order valence-corrected chi connectivity index (χ0v) is 17.2. The molecule has 2 aromatic heterocycles. The van der Waals surface area contributed by atoms with Crippen molar-refractivity contribution in [3.63, 3.8) is 0 Å². The minimum absolute atomic E-state index is 0.261. The maximum atomic E-state index is 11.9. The minimum atomic E-state index is -0.755. The van der Waals surface area contributed by atoms with Crippen molar-refractivity contribution in [3.8, 4) is 5.88 Å².